The summed E-state index contributed by atoms with van der Waals surface area (Å²) in [7, 11) is 5.74. The number of rotatable bonds is 7. The standard InChI is InChI=1S/C14H22N2O3/c1-15-5-4-6-16(2)9-11-7-12(17-3)14-13(8-11)18-10-19-14/h7-8,15H,4-6,9-10H2,1-3H3. The summed E-state index contributed by atoms with van der Waals surface area (Å²) in [6, 6.07) is 4.04. The lowest BCUT2D eigenvalue weighted by molar-refractivity contribution is 0.171. The van der Waals surface area contributed by atoms with E-state index in [9.17, 15) is 0 Å². The maximum absolute atomic E-state index is 5.43. The average molecular weight is 266 g/mol. The topological polar surface area (TPSA) is 43.0 Å². The zero-order valence-corrected chi connectivity index (χ0v) is 11.9. The molecule has 0 spiro atoms. The lowest BCUT2D eigenvalue weighted by atomic mass is 10.1. The normalized spacial score (nSPS) is 13.1. The van der Waals surface area contributed by atoms with Crippen LogP contribution < -0.4 is 19.5 Å². The van der Waals surface area contributed by atoms with Gasteiger partial charge in [0.05, 0.1) is 7.11 Å². The van der Waals surface area contributed by atoms with Crippen molar-refractivity contribution in [3.63, 3.8) is 0 Å². The second-order valence-electron chi connectivity index (χ2n) is 4.73. The number of fused-ring (bicyclic) bond motifs is 1. The molecule has 0 saturated carbocycles. The van der Waals surface area contributed by atoms with Gasteiger partial charge in [-0.3, -0.25) is 0 Å². The van der Waals surface area contributed by atoms with Gasteiger partial charge in [-0.05, 0) is 51.3 Å². The Balaban J connectivity index is 2.00. The van der Waals surface area contributed by atoms with Crippen molar-refractivity contribution in [3.05, 3.63) is 17.7 Å². The fourth-order valence-electron chi connectivity index (χ4n) is 2.19. The van der Waals surface area contributed by atoms with Gasteiger partial charge in [0.15, 0.2) is 11.5 Å². The zero-order valence-electron chi connectivity index (χ0n) is 11.9. The Kier molecular flexibility index (Phi) is 4.87. The fraction of sp³-hybridized carbons (Fsp3) is 0.571. The molecule has 0 aliphatic carbocycles. The van der Waals surface area contributed by atoms with E-state index in [1.54, 1.807) is 7.11 Å². The van der Waals surface area contributed by atoms with E-state index in [4.69, 9.17) is 14.2 Å². The molecule has 1 aromatic carbocycles. The van der Waals surface area contributed by atoms with Gasteiger partial charge in [-0.1, -0.05) is 0 Å². The lowest BCUT2D eigenvalue weighted by Gasteiger charge is -2.17. The van der Waals surface area contributed by atoms with Gasteiger partial charge in [0.25, 0.3) is 0 Å². The first-order valence-corrected chi connectivity index (χ1v) is 6.54. The van der Waals surface area contributed by atoms with E-state index in [-0.39, 0.29) is 6.79 Å². The summed E-state index contributed by atoms with van der Waals surface area (Å²) >= 11 is 0. The Morgan fingerprint density at radius 2 is 2.21 bits per heavy atom. The molecular formula is C14H22N2O3. The molecule has 0 fully saturated rings. The molecule has 5 nitrogen and oxygen atoms in total. The van der Waals surface area contributed by atoms with Gasteiger partial charge in [-0.25, -0.2) is 0 Å². The molecule has 1 heterocycles. The van der Waals surface area contributed by atoms with Crippen molar-refractivity contribution in [1.82, 2.24) is 10.2 Å². The van der Waals surface area contributed by atoms with Gasteiger partial charge >= 0.3 is 0 Å². The first-order valence-electron chi connectivity index (χ1n) is 6.54. The molecule has 0 atom stereocenters. The van der Waals surface area contributed by atoms with E-state index in [0.717, 1.165) is 37.6 Å². The summed E-state index contributed by atoms with van der Waals surface area (Å²) in [5.74, 6) is 2.23. The van der Waals surface area contributed by atoms with Crippen LogP contribution in [-0.4, -0.2) is 46.0 Å². The van der Waals surface area contributed by atoms with Crippen molar-refractivity contribution in [3.8, 4) is 17.2 Å². The van der Waals surface area contributed by atoms with Crippen LogP contribution in [0.4, 0.5) is 0 Å². The fourth-order valence-corrected chi connectivity index (χ4v) is 2.19. The van der Waals surface area contributed by atoms with E-state index in [1.807, 2.05) is 19.2 Å². The van der Waals surface area contributed by atoms with Crippen molar-refractivity contribution in [1.29, 1.82) is 0 Å². The van der Waals surface area contributed by atoms with Crippen LogP contribution >= 0.6 is 0 Å². The predicted octanol–water partition coefficient (Wildman–Crippen LogP) is 1.47. The third-order valence-corrected chi connectivity index (χ3v) is 3.14. The largest absolute Gasteiger partial charge is 0.493 e. The molecule has 1 aliphatic rings. The van der Waals surface area contributed by atoms with Crippen LogP contribution in [0.1, 0.15) is 12.0 Å². The van der Waals surface area contributed by atoms with Crippen LogP contribution in [0.2, 0.25) is 0 Å². The Morgan fingerprint density at radius 3 is 2.95 bits per heavy atom. The Bertz CT molecular complexity index is 423. The maximum Gasteiger partial charge on any atom is 0.231 e. The van der Waals surface area contributed by atoms with Crippen LogP contribution in [0, 0.1) is 0 Å². The van der Waals surface area contributed by atoms with Crippen LogP contribution in [-0.2, 0) is 6.54 Å². The highest BCUT2D eigenvalue weighted by Crippen LogP contribution is 2.41. The first kappa shape index (κ1) is 14.0. The molecule has 2 rings (SSSR count). The summed E-state index contributed by atoms with van der Waals surface area (Å²) in [4.78, 5) is 2.29. The monoisotopic (exact) mass is 266 g/mol. The summed E-state index contributed by atoms with van der Waals surface area (Å²) in [6.45, 7) is 3.23. The number of nitrogens with zero attached hydrogens (tertiary/aromatic N) is 1. The molecule has 0 unspecified atom stereocenters. The van der Waals surface area contributed by atoms with E-state index in [0.29, 0.717) is 5.75 Å². The second-order valence-corrected chi connectivity index (χ2v) is 4.73. The minimum Gasteiger partial charge on any atom is -0.493 e. The minimum atomic E-state index is 0.271. The molecule has 19 heavy (non-hydrogen) atoms. The van der Waals surface area contributed by atoms with Gasteiger partial charge < -0.3 is 24.4 Å². The van der Waals surface area contributed by atoms with E-state index >= 15 is 0 Å². The number of ether oxygens (including phenoxy) is 3. The van der Waals surface area contributed by atoms with Crippen molar-refractivity contribution in [2.75, 3.05) is 41.1 Å². The van der Waals surface area contributed by atoms with Crippen LogP contribution in [0.15, 0.2) is 12.1 Å². The highest BCUT2D eigenvalue weighted by molar-refractivity contribution is 5.55. The molecule has 5 heteroatoms. The lowest BCUT2D eigenvalue weighted by Crippen LogP contribution is -2.22. The first-order chi connectivity index (χ1) is 9.24. The number of hydrogen-bond acceptors (Lipinski definition) is 5. The van der Waals surface area contributed by atoms with Crippen LogP contribution in [0.5, 0.6) is 17.2 Å². The summed E-state index contributed by atoms with van der Waals surface area (Å²) in [5.41, 5.74) is 1.17. The molecule has 1 aromatic rings. The van der Waals surface area contributed by atoms with Gasteiger partial charge in [0, 0.05) is 6.54 Å². The second kappa shape index (κ2) is 6.63. The molecule has 1 N–H and O–H groups in total. The van der Waals surface area contributed by atoms with Gasteiger partial charge in [-0.2, -0.15) is 0 Å². The molecule has 0 aromatic heterocycles. The SMILES string of the molecule is CNCCCN(C)Cc1cc(OC)c2c(c1)OCO2. The third kappa shape index (κ3) is 3.52. The quantitative estimate of drug-likeness (QED) is 0.757. The summed E-state index contributed by atoms with van der Waals surface area (Å²) in [5, 5.41) is 3.16. The molecule has 1 aliphatic heterocycles. The Morgan fingerprint density at radius 1 is 1.37 bits per heavy atom. The maximum atomic E-state index is 5.43. The van der Waals surface area contributed by atoms with E-state index in [2.05, 4.69) is 17.3 Å². The van der Waals surface area contributed by atoms with Crippen LogP contribution in [0.25, 0.3) is 0 Å². The number of methoxy groups -OCH3 is 1. The highest BCUT2D eigenvalue weighted by Gasteiger charge is 2.20. The smallest absolute Gasteiger partial charge is 0.231 e. The minimum absolute atomic E-state index is 0.271. The van der Waals surface area contributed by atoms with Crippen molar-refractivity contribution in [2.24, 2.45) is 0 Å². The number of hydrogen-bond donors (Lipinski definition) is 1. The van der Waals surface area contributed by atoms with Crippen molar-refractivity contribution < 1.29 is 14.2 Å². The van der Waals surface area contributed by atoms with Crippen LogP contribution in [0.3, 0.4) is 0 Å². The van der Waals surface area contributed by atoms with Gasteiger partial charge in [0.2, 0.25) is 12.5 Å². The molecule has 0 amide bonds. The van der Waals surface area contributed by atoms with Crippen molar-refractivity contribution in [2.45, 2.75) is 13.0 Å². The Labute approximate surface area is 114 Å². The number of nitrogens with one attached hydrogen (secondary N) is 1. The van der Waals surface area contributed by atoms with Gasteiger partial charge in [0.1, 0.15) is 0 Å². The molecule has 0 bridgehead atoms. The summed E-state index contributed by atoms with van der Waals surface area (Å²) in [6.07, 6.45) is 1.13. The molecular weight excluding hydrogens is 244 g/mol. The highest BCUT2D eigenvalue weighted by atomic mass is 16.7. The van der Waals surface area contributed by atoms with Gasteiger partial charge in [-0.15, -0.1) is 0 Å². The Hall–Kier alpha value is -1.46. The van der Waals surface area contributed by atoms with E-state index < -0.39 is 0 Å². The molecule has 0 radical (unpaired) electrons. The molecule has 0 saturated heterocycles. The zero-order chi connectivity index (χ0) is 13.7. The van der Waals surface area contributed by atoms with E-state index in [1.165, 1.54) is 5.56 Å². The predicted molar refractivity (Wildman–Crippen MR) is 74.0 cm³/mol. The molecule has 106 valence electrons. The number of benzene rings is 1. The summed E-state index contributed by atoms with van der Waals surface area (Å²) < 4.78 is 16.2. The van der Waals surface area contributed by atoms with Crippen molar-refractivity contribution >= 4 is 0 Å². The average Bonchev–Trinajstić information content (AvgIpc) is 2.86. The third-order valence-electron chi connectivity index (χ3n) is 3.14.